The van der Waals surface area contributed by atoms with Crippen LogP contribution in [0.3, 0.4) is 0 Å². The van der Waals surface area contributed by atoms with E-state index in [0.29, 0.717) is 15.1 Å². The van der Waals surface area contributed by atoms with Crippen LogP contribution in [0.25, 0.3) is 0 Å². The van der Waals surface area contributed by atoms with Gasteiger partial charge in [-0.2, -0.15) is 0 Å². The zero-order valence-electron chi connectivity index (χ0n) is 9.28. The quantitative estimate of drug-likeness (QED) is 0.931. The molecular formula is C11H11BrClNO3. The fourth-order valence-corrected chi connectivity index (χ4v) is 1.60. The smallest absolute Gasteiger partial charge is 0.326 e. The molecule has 1 N–H and O–H groups in total. The molecule has 0 aliphatic rings. The third-order valence-corrected chi connectivity index (χ3v) is 3.66. The minimum atomic E-state index is -1.05. The molecule has 0 spiro atoms. The summed E-state index contributed by atoms with van der Waals surface area (Å²) in [5, 5.41) is 9.23. The molecule has 0 bridgehead atoms. The van der Waals surface area contributed by atoms with Crippen LogP contribution in [0.2, 0.25) is 5.02 Å². The standard InChI is InChI=1S/C11H11BrClNO3/c1-6(11(16)17)14(2)10(15)7-3-4-8(12)9(13)5-7/h3-6H,1-2H3,(H,16,17). The fourth-order valence-electron chi connectivity index (χ4n) is 1.17. The van der Waals surface area contributed by atoms with Crippen LogP contribution < -0.4 is 0 Å². The number of rotatable bonds is 3. The molecule has 0 aromatic heterocycles. The Kier molecular flexibility index (Phi) is 4.54. The van der Waals surface area contributed by atoms with Gasteiger partial charge in [0.15, 0.2) is 0 Å². The maximum Gasteiger partial charge on any atom is 0.326 e. The Hall–Kier alpha value is -1.07. The van der Waals surface area contributed by atoms with E-state index < -0.39 is 12.0 Å². The van der Waals surface area contributed by atoms with E-state index in [1.807, 2.05) is 0 Å². The van der Waals surface area contributed by atoms with Gasteiger partial charge < -0.3 is 10.0 Å². The van der Waals surface area contributed by atoms with Gasteiger partial charge >= 0.3 is 5.97 Å². The molecule has 0 heterocycles. The number of amides is 1. The topological polar surface area (TPSA) is 57.6 Å². The summed E-state index contributed by atoms with van der Waals surface area (Å²) in [5.41, 5.74) is 0.355. The van der Waals surface area contributed by atoms with Crippen molar-refractivity contribution in [3.63, 3.8) is 0 Å². The summed E-state index contributed by atoms with van der Waals surface area (Å²) in [7, 11) is 1.44. The molecule has 6 heteroatoms. The number of carbonyl (C=O) groups is 2. The minimum absolute atomic E-state index is 0.355. The van der Waals surface area contributed by atoms with Gasteiger partial charge in [0.05, 0.1) is 5.02 Å². The largest absolute Gasteiger partial charge is 0.480 e. The van der Waals surface area contributed by atoms with Crippen LogP contribution >= 0.6 is 27.5 Å². The zero-order chi connectivity index (χ0) is 13.2. The SMILES string of the molecule is CC(C(=O)O)N(C)C(=O)c1ccc(Br)c(Cl)c1. The number of nitrogens with zero attached hydrogens (tertiary/aromatic N) is 1. The number of carboxylic acids is 1. The van der Waals surface area contributed by atoms with E-state index in [4.69, 9.17) is 16.7 Å². The van der Waals surface area contributed by atoms with E-state index >= 15 is 0 Å². The molecule has 0 aliphatic carbocycles. The Morgan fingerprint density at radius 3 is 2.53 bits per heavy atom. The summed E-state index contributed by atoms with van der Waals surface area (Å²) in [6.45, 7) is 1.45. The van der Waals surface area contributed by atoms with Gasteiger partial charge in [0.2, 0.25) is 0 Å². The highest BCUT2D eigenvalue weighted by molar-refractivity contribution is 9.10. The molecule has 1 aromatic rings. The Balaban J connectivity index is 2.96. The third-order valence-electron chi connectivity index (χ3n) is 2.43. The molecule has 0 saturated heterocycles. The molecule has 0 aliphatic heterocycles. The van der Waals surface area contributed by atoms with Crippen molar-refractivity contribution < 1.29 is 14.7 Å². The van der Waals surface area contributed by atoms with Gasteiger partial charge in [-0.1, -0.05) is 11.6 Å². The van der Waals surface area contributed by atoms with Gasteiger partial charge in [0.1, 0.15) is 6.04 Å². The summed E-state index contributed by atoms with van der Waals surface area (Å²) in [4.78, 5) is 23.9. The summed E-state index contributed by atoms with van der Waals surface area (Å²) < 4.78 is 0.685. The lowest BCUT2D eigenvalue weighted by Gasteiger charge is -2.21. The molecule has 0 fully saturated rings. The number of hydrogen-bond donors (Lipinski definition) is 1. The Labute approximate surface area is 112 Å². The van der Waals surface area contributed by atoms with E-state index in [-0.39, 0.29) is 5.91 Å². The summed E-state index contributed by atoms with van der Waals surface area (Å²) in [6, 6.07) is 3.85. The molecule has 0 saturated carbocycles. The van der Waals surface area contributed by atoms with Crippen molar-refractivity contribution in [2.24, 2.45) is 0 Å². The first-order chi connectivity index (χ1) is 7.84. The summed E-state index contributed by atoms with van der Waals surface area (Å²) in [5.74, 6) is -1.43. The van der Waals surface area contributed by atoms with Crippen molar-refractivity contribution in [1.82, 2.24) is 4.90 Å². The molecule has 17 heavy (non-hydrogen) atoms. The number of carboxylic acid groups (broad SMARTS) is 1. The van der Waals surface area contributed by atoms with E-state index in [1.165, 1.54) is 20.0 Å². The van der Waals surface area contributed by atoms with Gasteiger partial charge in [0.25, 0.3) is 5.91 Å². The molecule has 1 rings (SSSR count). The van der Waals surface area contributed by atoms with Crippen molar-refractivity contribution in [1.29, 1.82) is 0 Å². The van der Waals surface area contributed by atoms with Crippen molar-refractivity contribution in [2.45, 2.75) is 13.0 Å². The highest BCUT2D eigenvalue weighted by atomic mass is 79.9. The Bertz CT molecular complexity index is 464. The van der Waals surface area contributed by atoms with Crippen LogP contribution in [0.1, 0.15) is 17.3 Å². The second-order valence-corrected chi connectivity index (χ2v) is 4.82. The first kappa shape index (κ1) is 14.0. The van der Waals surface area contributed by atoms with Gasteiger partial charge in [-0.15, -0.1) is 0 Å². The number of hydrogen-bond acceptors (Lipinski definition) is 2. The lowest BCUT2D eigenvalue weighted by atomic mass is 10.2. The second-order valence-electron chi connectivity index (χ2n) is 3.56. The van der Waals surface area contributed by atoms with Crippen molar-refractivity contribution >= 4 is 39.4 Å². The molecule has 1 unspecified atom stereocenters. The highest BCUT2D eigenvalue weighted by Gasteiger charge is 2.22. The molecule has 92 valence electrons. The van der Waals surface area contributed by atoms with Gasteiger partial charge in [-0.3, -0.25) is 4.79 Å². The second kappa shape index (κ2) is 5.51. The van der Waals surface area contributed by atoms with E-state index in [2.05, 4.69) is 15.9 Å². The van der Waals surface area contributed by atoms with Crippen LogP contribution in [-0.2, 0) is 4.79 Å². The maximum atomic E-state index is 11.9. The van der Waals surface area contributed by atoms with Gasteiger partial charge in [-0.25, -0.2) is 4.79 Å². The molecular weight excluding hydrogens is 309 g/mol. The lowest BCUT2D eigenvalue weighted by molar-refractivity contribution is -0.141. The fraction of sp³-hybridized carbons (Fsp3) is 0.273. The van der Waals surface area contributed by atoms with Crippen LogP contribution in [0.4, 0.5) is 0 Å². The minimum Gasteiger partial charge on any atom is -0.480 e. The lowest BCUT2D eigenvalue weighted by Crippen LogP contribution is -2.40. The van der Waals surface area contributed by atoms with Crippen LogP contribution in [-0.4, -0.2) is 35.0 Å². The maximum absolute atomic E-state index is 11.9. The Morgan fingerprint density at radius 2 is 2.06 bits per heavy atom. The van der Waals surface area contributed by atoms with Crippen LogP contribution in [0, 0.1) is 0 Å². The van der Waals surface area contributed by atoms with Crippen LogP contribution in [0.15, 0.2) is 22.7 Å². The molecule has 4 nitrogen and oxygen atoms in total. The monoisotopic (exact) mass is 319 g/mol. The number of halogens is 2. The van der Waals surface area contributed by atoms with E-state index in [1.54, 1.807) is 12.1 Å². The van der Waals surface area contributed by atoms with Gasteiger partial charge in [0, 0.05) is 17.1 Å². The predicted molar refractivity (Wildman–Crippen MR) is 68.3 cm³/mol. The zero-order valence-corrected chi connectivity index (χ0v) is 11.6. The molecule has 0 radical (unpaired) electrons. The van der Waals surface area contributed by atoms with Crippen molar-refractivity contribution in [3.8, 4) is 0 Å². The van der Waals surface area contributed by atoms with Gasteiger partial charge in [-0.05, 0) is 41.1 Å². The number of benzene rings is 1. The first-order valence-electron chi connectivity index (χ1n) is 4.79. The molecule has 1 aromatic carbocycles. The Morgan fingerprint density at radius 1 is 1.47 bits per heavy atom. The third kappa shape index (κ3) is 3.20. The summed E-state index contributed by atoms with van der Waals surface area (Å²) >= 11 is 9.09. The molecule has 1 atom stereocenters. The van der Waals surface area contributed by atoms with Crippen molar-refractivity contribution in [3.05, 3.63) is 33.3 Å². The highest BCUT2D eigenvalue weighted by Crippen LogP contribution is 2.23. The number of aliphatic carboxylic acids is 1. The normalized spacial score (nSPS) is 12.0. The predicted octanol–water partition coefficient (Wildman–Crippen LogP) is 2.65. The number of carbonyl (C=O) groups excluding carboxylic acids is 1. The molecule has 1 amide bonds. The average Bonchev–Trinajstić information content (AvgIpc) is 2.29. The summed E-state index contributed by atoms with van der Waals surface area (Å²) in [6.07, 6.45) is 0. The van der Waals surface area contributed by atoms with E-state index in [9.17, 15) is 9.59 Å². The van der Waals surface area contributed by atoms with E-state index in [0.717, 1.165) is 4.90 Å². The van der Waals surface area contributed by atoms with Crippen molar-refractivity contribution in [2.75, 3.05) is 7.05 Å². The van der Waals surface area contributed by atoms with Crippen LogP contribution in [0.5, 0.6) is 0 Å². The first-order valence-corrected chi connectivity index (χ1v) is 5.96. The number of likely N-dealkylation sites (N-methyl/N-ethyl adjacent to an activating group) is 1. The average molecular weight is 321 g/mol.